The van der Waals surface area contributed by atoms with E-state index in [1.54, 1.807) is 12.1 Å². The monoisotopic (exact) mass is 348 g/mol. The first-order valence-corrected chi connectivity index (χ1v) is 3.32. The van der Waals surface area contributed by atoms with Crippen molar-refractivity contribution in [3.8, 4) is 5.75 Å². The Labute approximate surface area is 84.6 Å². The van der Waals surface area contributed by atoms with E-state index in [1.807, 2.05) is 12.1 Å². The molecule has 0 bridgehead atoms. The van der Waals surface area contributed by atoms with Crippen LogP contribution < -0.4 is 0 Å². The van der Waals surface area contributed by atoms with Crippen molar-refractivity contribution in [3.05, 3.63) is 27.8 Å². The summed E-state index contributed by atoms with van der Waals surface area (Å²) in [5, 5.41) is 8.91. The molecule has 0 aliphatic rings. The van der Waals surface area contributed by atoms with Crippen LogP contribution >= 0.6 is 46.6 Å². The Morgan fingerprint density at radius 2 is 1.78 bits per heavy atom. The molecule has 0 aliphatic carbocycles. The molecule has 1 rings (SSSR count). The number of aromatic hydroxyl groups is 1. The van der Waals surface area contributed by atoms with E-state index in [-0.39, 0.29) is 24.0 Å². The second kappa shape index (κ2) is 4.32. The molecule has 0 unspecified atom stereocenters. The third-order valence-electron chi connectivity index (χ3n) is 0.852. The van der Waals surface area contributed by atoms with Gasteiger partial charge in [0.25, 0.3) is 0 Å². The van der Waals surface area contributed by atoms with E-state index in [4.69, 9.17) is 5.11 Å². The lowest BCUT2D eigenvalue weighted by Gasteiger charge is -1.90. The van der Waals surface area contributed by atoms with Crippen LogP contribution in [-0.4, -0.2) is 5.11 Å². The maximum Gasteiger partial charge on any atom is 0.128 e. The SMILES string of the molecule is I.Oc1ccccc1I. The molecular formula is C6H6I2O. The Balaban J connectivity index is 0.000000640. The molecule has 0 saturated carbocycles. The van der Waals surface area contributed by atoms with Gasteiger partial charge in [-0.3, -0.25) is 0 Å². The second-order valence-corrected chi connectivity index (χ2v) is 2.61. The summed E-state index contributed by atoms with van der Waals surface area (Å²) in [7, 11) is 0. The average molecular weight is 348 g/mol. The van der Waals surface area contributed by atoms with Crippen LogP contribution in [0.25, 0.3) is 0 Å². The van der Waals surface area contributed by atoms with Crippen LogP contribution in [0.1, 0.15) is 0 Å². The quantitative estimate of drug-likeness (QED) is 0.715. The third kappa shape index (κ3) is 2.70. The predicted molar refractivity (Wildman–Crippen MR) is 56.2 cm³/mol. The van der Waals surface area contributed by atoms with Crippen LogP contribution in [0.3, 0.4) is 0 Å². The lowest BCUT2D eigenvalue weighted by Crippen LogP contribution is -1.67. The highest BCUT2D eigenvalue weighted by Gasteiger charge is 1.89. The zero-order chi connectivity index (χ0) is 5.98. The Morgan fingerprint density at radius 1 is 1.22 bits per heavy atom. The van der Waals surface area contributed by atoms with Gasteiger partial charge in [-0.15, -0.1) is 24.0 Å². The predicted octanol–water partition coefficient (Wildman–Crippen LogP) is 2.61. The van der Waals surface area contributed by atoms with Crippen molar-refractivity contribution in [2.24, 2.45) is 0 Å². The fourth-order valence-corrected chi connectivity index (χ4v) is 0.839. The van der Waals surface area contributed by atoms with E-state index in [0.717, 1.165) is 3.57 Å². The molecule has 1 aromatic rings. The van der Waals surface area contributed by atoms with E-state index in [2.05, 4.69) is 22.6 Å². The molecule has 0 amide bonds. The summed E-state index contributed by atoms with van der Waals surface area (Å²) in [6, 6.07) is 7.22. The fourth-order valence-electron chi connectivity index (χ4n) is 0.452. The van der Waals surface area contributed by atoms with Crippen LogP contribution in [0.5, 0.6) is 5.75 Å². The summed E-state index contributed by atoms with van der Waals surface area (Å²) in [4.78, 5) is 0. The number of para-hydroxylation sites is 1. The lowest BCUT2D eigenvalue weighted by atomic mass is 10.3. The third-order valence-corrected chi connectivity index (χ3v) is 1.76. The molecule has 0 spiro atoms. The number of hydrogen-bond donors (Lipinski definition) is 1. The van der Waals surface area contributed by atoms with Crippen molar-refractivity contribution in [3.63, 3.8) is 0 Å². The first-order valence-electron chi connectivity index (χ1n) is 2.24. The Morgan fingerprint density at radius 3 is 2.11 bits per heavy atom. The van der Waals surface area contributed by atoms with Gasteiger partial charge in [0.05, 0.1) is 3.57 Å². The van der Waals surface area contributed by atoms with Crippen molar-refractivity contribution in [2.45, 2.75) is 0 Å². The van der Waals surface area contributed by atoms with E-state index in [9.17, 15) is 0 Å². The van der Waals surface area contributed by atoms with Crippen molar-refractivity contribution < 1.29 is 5.11 Å². The molecule has 9 heavy (non-hydrogen) atoms. The number of benzene rings is 1. The molecule has 50 valence electrons. The van der Waals surface area contributed by atoms with Crippen molar-refractivity contribution in [2.75, 3.05) is 0 Å². The normalized spacial score (nSPS) is 8.11. The Bertz CT molecular complexity index is 167. The molecular weight excluding hydrogens is 342 g/mol. The smallest absolute Gasteiger partial charge is 0.128 e. The number of halogens is 2. The number of phenols is 1. The van der Waals surface area contributed by atoms with Crippen LogP contribution in [-0.2, 0) is 0 Å². The van der Waals surface area contributed by atoms with E-state index < -0.39 is 0 Å². The molecule has 0 aliphatic heterocycles. The van der Waals surface area contributed by atoms with Gasteiger partial charge >= 0.3 is 0 Å². The number of phenolic OH excluding ortho intramolecular Hbond substituents is 1. The van der Waals surface area contributed by atoms with Gasteiger partial charge in [0.15, 0.2) is 0 Å². The average Bonchev–Trinajstić information content (AvgIpc) is 1.77. The maximum absolute atomic E-state index is 8.91. The van der Waals surface area contributed by atoms with Gasteiger partial charge in [-0.05, 0) is 34.7 Å². The molecule has 0 radical (unpaired) electrons. The van der Waals surface area contributed by atoms with Gasteiger partial charge in [0.2, 0.25) is 0 Å². The summed E-state index contributed by atoms with van der Waals surface area (Å²) in [5.41, 5.74) is 0. The Kier molecular flexibility index (Phi) is 4.55. The van der Waals surface area contributed by atoms with Gasteiger partial charge in [0, 0.05) is 0 Å². The fraction of sp³-hybridized carbons (Fsp3) is 0. The summed E-state index contributed by atoms with van der Waals surface area (Å²) in [6.07, 6.45) is 0. The topological polar surface area (TPSA) is 20.2 Å². The molecule has 0 aromatic heterocycles. The van der Waals surface area contributed by atoms with E-state index >= 15 is 0 Å². The van der Waals surface area contributed by atoms with Gasteiger partial charge in [0.1, 0.15) is 5.75 Å². The molecule has 1 aromatic carbocycles. The first-order chi connectivity index (χ1) is 3.80. The van der Waals surface area contributed by atoms with Crippen molar-refractivity contribution in [1.82, 2.24) is 0 Å². The van der Waals surface area contributed by atoms with Crippen molar-refractivity contribution in [1.29, 1.82) is 0 Å². The molecule has 1 N–H and O–H groups in total. The highest BCUT2D eigenvalue weighted by molar-refractivity contribution is 14.1. The van der Waals surface area contributed by atoms with Gasteiger partial charge in [-0.25, -0.2) is 0 Å². The first kappa shape index (κ1) is 9.48. The maximum atomic E-state index is 8.91. The zero-order valence-corrected chi connectivity index (χ0v) is 9.03. The molecule has 0 atom stereocenters. The molecule has 1 nitrogen and oxygen atoms in total. The molecule has 3 heteroatoms. The van der Waals surface area contributed by atoms with Gasteiger partial charge in [-0.2, -0.15) is 0 Å². The van der Waals surface area contributed by atoms with E-state index in [1.165, 1.54) is 0 Å². The lowest BCUT2D eigenvalue weighted by molar-refractivity contribution is 0.471. The number of rotatable bonds is 0. The molecule has 0 fully saturated rings. The zero-order valence-electron chi connectivity index (χ0n) is 4.54. The molecule has 0 heterocycles. The summed E-state index contributed by atoms with van der Waals surface area (Å²) in [6.45, 7) is 0. The summed E-state index contributed by atoms with van der Waals surface area (Å²) < 4.78 is 0.894. The summed E-state index contributed by atoms with van der Waals surface area (Å²) >= 11 is 2.07. The van der Waals surface area contributed by atoms with Gasteiger partial charge in [-0.1, -0.05) is 12.1 Å². The van der Waals surface area contributed by atoms with Gasteiger partial charge < -0.3 is 5.11 Å². The number of hydrogen-bond acceptors (Lipinski definition) is 1. The van der Waals surface area contributed by atoms with Crippen LogP contribution in [0.4, 0.5) is 0 Å². The molecule has 0 saturated heterocycles. The Hall–Kier alpha value is 0.480. The standard InChI is InChI=1S/C6H5IO.HI/c7-5-3-1-2-4-6(5)8;/h1-4,8H;1H. The minimum absolute atomic E-state index is 0. The highest BCUT2D eigenvalue weighted by Crippen LogP contribution is 2.16. The summed E-state index contributed by atoms with van der Waals surface area (Å²) in [5.74, 6) is 0.355. The van der Waals surface area contributed by atoms with Crippen LogP contribution in [0.15, 0.2) is 24.3 Å². The minimum atomic E-state index is 0. The highest BCUT2D eigenvalue weighted by atomic mass is 127. The van der Waals surface area contributed by atoms with Crippen LogP contribution in [0.2, 0.25) is 0 Å². The second-order valence-electron chi connectivity index (χ2n) is 1.45. The largest absolute Gasteiger partial charge is 0.507 e. The minimum Gasteiger partial charge on any atom is -0.507 e. The van der Waals surface area contributed by atoms with E-state index in [0.29, 0.717) is 5.75 Å². The van der Waals surface area contributed by atoms with Crippen LogP contribution in [0, 0.1) is 3.57 Å². The van der Waals surface area contributed by atoms with Crippen molar-refractivity contribution >= 4 is 46.6 Å².